The number of rotatable bonds is 7. The molecular weight excluding hydrogens is 479 g/mol. The summed E-state index contributed by atoms with van der Waals surface area (Å²) in [6, 6.07) is 5.40. The minimum Gasteiger partial charge on any atom is -0.482 e. The highest BCUT2D eigenvalue weighted by Gasteiger charge is 2.51. The van der Waals surface area contributed by atoms with Crippen LogP contribution >= 0.6 is 23.2 Å². The third-order valence-corrected chi connectivity index (χ3v) is 7.71. The second kappa shape index (κ2) is 10.4. The van der Waals surface area contributed by atoms with Crippen LogP contribution in [0, 0.1) is 22.7 Å². The highest BCUT2D eigenvalue weighted by Crippen LogP contribution is 2.50. The number of piperidine rings is 1. The fourth-order valence-corrected chi connectivity index (χ4v) is 5.63. The van der Waals surface area contributed by atoms with Gasteiger partial charge in [-0.1, -0.05) is 29.6 Å². The van der Waals surface area contributed by atoms with Crippen LogP contribution in [0.2, 0.25) is 10.0 Å². The van der Waals surface area contributed by atoms with E-state index in [1.807, 2.05) is 0 Å². The van der Waals surface area contributed by atoms with Crippen LogP contribution in [-0.2, 0) is 14.4 Å². The smallest absolute Gasteiger partial charge is 0.261 e. The third-order valence-electron chi connectivity index (χ3n) is 7.18. The summed E-state index contributed by atoms with van der Waals surface area (Å²) in [7, 11) is 0. The Labute approximate surface area is 208 Å². The van der Waals surface area contributed by atoms with Crippen LogP contribution in [0.1, 0.15) is 44.9 Å². The number of likely N-dealkylation sites (tertiary alicyclic amines) is 1. The van der Waals surface area contributed by atoms with Crippen LogP contribution in [0.3, 0.4) is 0 Å². The van der Waals surface area contributed by atoms with E-state index in [1.165, 1.54) is 6.07 Å². The van der Waals surface area contributed by atoms with Gasteiger partial charge in [0.15, 0.2) is 6.61 Å². The topological polar surface area (TPSA) is 112 Å². The minimum absolute atomic E-state index is 0.0546. The van der Waals surface area contributed by atoms with Crippen LogP contribution in [0.15, 0.2) is 18.2 Å². The first-order chi connectivity index (χ1) is 16.3. The molecular formula is C24H28Cl2N4O4. The number of benzene rings is 1. The maximum Gasteiger partial charge on any atom is 0.261 e. The average molecular weight is 507 g/mol. The zero-order valence-corrected chi connectivity index (χ0v) is 20.3. The maximum atomic E-state index is 13.2. The van der Waals surface area contributed by atoms with Crippen molar-refractivity contribution in [2.45, 2.75) is 57.0 Å². The van der Waals surface area contributed by atoms with Crippen molar-refractivity contribution in [3.63, 3.8) is 0 Å². The van der Waals surface area contributed by atoms with E-state index in [1.54, 1.807) is 17.0 Å². The monoisotopic (exact) mass is 506 g/mol. The SMILES string of the molecule is N#C[C@H](C[C@@H]1CCCNC1=O)NC(=O)[C@@H]1CC2(CCC2)CN1C(=O)COc1ccc(Cl)cc1Cl. The van der Waals surface area contributed by atoms with E-state index >= 15 is 0 Å². The van der Waals surface area contributed by atoms with Crippen LogP contribution in [-0.4, -0.2) is 54.4 Å². The first kappa shape index (κ1) is 24.6. The average Bonchev–Trinajstić information content (AvgIpc) is 3.21. The van der Waals surface area contributed by atoms with Gasteiger partial charge in [0.2, 0.25) is 11.8 Å². The van der Waals surface area contributed by atoms with Gasteiger partial charge >= 0.3 is 0 Å². The number of nitrogens with zero attached hydrogens (tertiary/aromatic N) is 2. The van der Waals surface area contributed by atoms with E-state index in [0.29, 0.717) is 41.7 Å². The Morgan fingerprint density at radius 2 is 2.12 bits per heavy atom. The molecule has 1 aromatic carbocycles. The van der Waals surface area contributed by atoms with Crippen LogP contribution in [0.4, 0.5) is 0 Å². The highest BCUT2D eigenvalue weighted by atomic mass is 35.5. The molecule has 34 heavy (non-hydrogen) atoms. The molecule has 3 fully saturated rings. The minimum atomic E-state index is -0.791. The summed E-state index contributed by atoms with van der Waals surface area (Å²) in [4.78, 5) is 39.9. The van der Waals surface area contributed by atoms with Crippen LogP contribution < -0.4 is 15.4 Å². The van der Waals surface area contributed by atoms with Crippen molar-refractivity contribution < 1.29 is 19.1 Å². The number of nitrogens with one attached hydrogen (secondary N) is 2. The van der Waals surface area contributed by atoms with Gasteiger partial charge in [-0.3, -0.25) is 14.4 Å². The number of nitriles is 1. The molecule has 1 spiro atoms. The molecule has 0 unspecified atom stereocenters. The lowest BCUT2D eigenvalue weighted by Gasteiger charge is -2.37. The number of halogens is 2. The number of carbonyl (C=O) groups excluding carboxylic acids is 3. The summed E-state index contributed by atoms with van der Waals surface area (Å²) < 4.78 is 5.62. The van der Waals surface area contributed by atoms with Crippen molar-refractivity contribution in [3.8, 4) is 11.8 Å². The maximum absolute atomic E-state index is 13.2. The van der Waals surface area contributed by atoms with Gasteiger partial charge in [0.25, 0.3) is 5.91 Å². The van der Waals surface area contributed by atoms with E-state index in [4.69, 9.17) is 27.9 Å². The van der Waals surface area contributed by atoms with Crippen LogP contribution in [0.25, 0.3) is 0 Å². The molecule has 0 bridgehead atoms. The summed E-state index contributed by atoms with van der Waals surface area (Å²) in [5.41, 5.74) is -0.0546. The molecule has 3 aliphatic rings. The summed E-state index contributed by atoms with van der Waals surface area (Å²) in [6.45, 7) is 0.873. The molecule has 2 aliphatic heterocycles. The molecule has 1 aliphatic carbocycles. The zero-order chi connectivity index (χ0) is 24.3. The summed E-state index contributed by atoms with van der Waals surface area (Å²) in [5, 5.41) is 16.0. The third kappa shape index (κ3) is 5.42. The Hall–Kier alpha value is -2.50. The van der Waals surface area contributed by atoms with Crippen LogP contribution in [0.5, 0.6) is 5.75 Å². The zero-order valence-electron chi connectivity index (χ0n) is 18.8. The summed E-state index contributed by atoms with van der Waals surface area (Å²) in [6.07, 6.45) is 5.38. The van der Waals surface area contributed by atoms with E-state index in [9.17, 15) is 19.6 Å². The predicted molar refractivity (Wildman–Crippen MR) is 126 cm³/mol. The largest absolute Gasteiger partial charge is 0.482 e. The Bertz CT molecular complexity index is 1010. The number of ether oxygens (including phenoxy) is 1. The van der Waals surface area contributed by atoms with Gasteiger partial charge in [0.1, 0.15) is 17.8 Å². The summed E-state index contributed by atoms with van der Waals surface area (Å²) >= 11 is 12.0. The Morgan fingerprint density at radius 3 is 2.76 bits per heavy atom. The van der Waals surface area contributed by atoms with Gasteiger partial charge in [-0.2, -0.15) is 5.26 Å². The van der Waals surface area contributed by atoms with Crippen molar-refractivity contribution in [1.82, 2.24) is 15.5 Å². The first-order valence-electron chi connectivity index (χ1n) is 11.7. The van der Waals surface area contributed by atoms with Gasteiger partial charge < -0.3 is 20.3 Å². The fourth-order valence-electron chi connectivity index (χ4n) is 5.16. The standard InChI is InChI=1S/C24H28Cl2N4O4/c25-16-4-5-20(18(26)10-16)34-13-21(31)30-14-24(6-2-7-24)11-19(30)23(33)29-17(12-27)9-15-3-1-8-28-22(15)32/h4-5,10,15,17,19H,1-3,6-9,11,13-14H2,(H,28,32)(H,29,33)/t15-,17-,19-/m0/s1. The van der Waals surface area contributed by atoms with Crippen molar-refractivity contribution in [3.05, 3.63) is 28.2 Å². The van der Waals surface area contributed by atoms with E-state index in [0.717, 1.165) is 25.7 Å². The van der Waals surface area contributed by atoms with Gasteiger partial charge in [-0.15, -0.1) is 0 Å². The second-order valence-electron chi connectivity index (χ2n) is 9.51. The van der Waals surface area contributed by atoms with Gasteiger partial charge in [-0.25, -0.2) is 0 Å². The van der Waals surface area contributed by atoms with E-state index in [-0.39, 0.29) is 42.1 Å². The molecule has 1 aromatic rings. The van der Waals surface area contributed by atoms with Gasteiger partial charge in [0.05, 0.1) is 11.1 Å². The number of amides is 3. The molecule has 0 aromatic heterocycles. The number of carbonyl (C=O) groups is 3. The summed E-state index contributed by atoms with van der Waals surface area (Å²) in [5.74, 6) is -0.701. The molecule has 182 valence electrons. The highest BCUT2D eigenvalue weighted by molar-refractivity contribution is 6.35. The van der Waals surface area contributed by atoms with Gasteiger partial charge in [-0.05, 0) is 62.1 Å². The number of hydrogen-bond acceptors (Lipinski definition) is 5. The second-order valence-corrected chi connectivity index (χ2v) is 10.4. The number of hydrogen-bond donors (Lipinski definition) is 2. The molecule has 2 heterocycles. The normalized spacial score (nSPS) is 24.0. The molecule has 4 rings (SSSR count). The molecule has 3 atom stereocenters. The lowest BCUT2D eigenvalue weighted by molar-refractivity contribution is -0.140. The van der Waals surface area contributed by atoms with E-state index in [2.05, 4.69) is 16.7 Å². The lowest BCUT2D eigenvalue weighted by Crippen LogP contribution is -2.50. The van der Waals surface area contributed by atoms with Crippen molar-refractivity contribution >= 4 is 40.9 Å². The quantitative estimate of drug-likeness (QED) is 0.590. The molecule has 2 N–H and O–H groups in total. The first-order valence-corrected chi connectivity index (χ1v) is 12.4. The Kier molecular flexibility index (Phi) is 7.54. The molecule has 0 radical (unpaired) electrons. The molecule has 1 saturated carbocycles. The van der Waals surface area contributed by atoms with Gasteiger partial charge in [0, 0.05) is 24.0 Å². The van der Waals surface area contributed by atoms with Crippen molar-refractivity contribution in [2.75, 3.05) is 19.7 Å². The lowest BCUT2D eigenvalue weighted by atomic mass is 9.67. The Morgan fingerprint density at radius 1 is 1.32 bits per heavy atom. The molecule has 2 saturated heterocycles. The van der Waals surface area contributed by atoms with E-state index < -0.39 is 12.1 Å². The molecule has 3 amide bonds. The fraction of sp³-hybridized carbons (Fsp3) is 0.583. The molecule has 10 heteroatoms. The molecule has 8 nitrogen and oxygen atoms in total. The Balaban J connectivity index is 1.40. The predicted octanol–water partition coefficient (Wildman–Crippen LogP) is 3.07. The van der Waals surface area contributed by atoms with Crippen molar-refractivity contribution in [1.29, 1.82) is 5.26 Å². The van der Waals surface area contributed by atoms with Crippen molar-refractivity contribution in [2.24, 2.45) is 11.3 Å².